The second-order valence-corrected chi connectivity index (χ2v) is 6.52. The van der Waals surface area contributed by atoms with Gasteiger partial charge in [0.15, 0.2) is 11.5 Å². The highest BCUT2D eigenvalue weighted by atomic mass is 79.9. The van der Waals surface area contributed by atoms with E-state index in [2.05, 4.69) is 31.4 Å². The predicted octanol–water partition coefficient (Wildman–Crippen LogP) is 4.61. The first kappa shape index (κ1) is 15.8. The monoisotopic (exact) mass is 391 g/mol. The molecule has 118 valence electrons. The van der Waals surface area contributed by atoms with Crippen LogP contribution < -0.4 is 10.2 Å². The SMILES string of the molecule is CCOc1cc(/C=N\Nc2nc3ccccc3s2)c(Br)cc1O. The molecule has 0 radical (unpaired) electrons. The zero-order valence-corrected chi connectivity index (χ0v) is 14.7. The number of hydrogen-bond acceptors (Lipinski definition) is 6. The van der Waals surface area contributed by atoms with Gasteiger partial charge in [-0.05, 0) is 47.1 Å². The van der Waals surface area contributed by atoms with Crippen LogP contribution in [-0.2, 0) is 0 Å². The average Bonchev–Trinajstić information content (AvgIpc) is 2.94. The number of ether oxygens (including phenoxy) is 1. The molecule has 0 aliphatic carbocycles. The lowest BCUT2D eigenvalue weighted by molar-refractivity contribution is 0.318. The molecule has 0 saturated heterocycles. The molecule has 0 atom stereocenters. The van der Waals surface area contributed by atoms with E-state index in [1.54, 1.807) is 18.3 Å². The summed E-state index contributed by atoms with van der Waals surface area (Å²) < 4.78 is 7.21. The van der Waals surface area contributed by atoms with Crippen LogP contribution in [-0.4, -0.2) is 22.9 Å². The minimum Gasteiger partial charge on any atom is -0.504 e. The van der Waals surface area contributed by atoms with E-state index < -0.39 is 0 Å². The van der Waals surface area contributed by atoms with Gasteiger partial charge in [-0.1, -0.05) is 23.5 Å². The van der Waals surface area contributed by atoms with Crippen molar-refractivity contribution in [1.29, 1.82) is 0 Å². The smallest absolute Gasteiger partial charge is 0.204 e. The van der Waals surface area contributed by atoms with E-state index in [9.17, 15) is 5.11 Å². The number of aromatic nitrogens is 1. The number of anilines is 1. The van der Waals surface area contributed by atoms with Gasteiger partial charge in [-0.25, -0.2) is 4.98 Å². The number of hydrazone groups is 1. The van der Waals surface area contributed by atoms with Crippen molar-refractivity contribution >= 4 is 48.8 Å². The Morgan fingerprint density at radius 3 is 3.00 bits per heavy atom. The number of rotatable bonds is 5. The van der Waals surface area contributed by atoms with Crippen molar-refractivity contribution in [1.82, 2.24) is 4.98 Å². The van der Waals surface area contributed by atoms with Crippen molar-refractivity contribution in [2.45, 2.75) is 6.92 Å². The Hall–Kier alpha value is -2.12. The molecule has 0 amide bonds. The minimum absolute atomic E-state index is 0.0926. The van der Waals surface area contributed by atoms with Crippen LogP contribution in [0.4, 0.5) is 5.13 Å². The molecule has 0 fully saturated rings. The third-order valence-electron chi connectivity index (χ3n) is 3.04. The summed E-state index contributed by atoms with van der Waals surface area (Å²) in [4.78, 5) is 4.44. The Kier molecular flexibility index (Phi) is 4.78. The van der Waals surface area contributed by atoms with E-state index in [1.807, 2.05) is 31.2 Å². The van der Waals surface area contributed by atoms with E-state index in [0.29, 0.717) is 12.4 Å². The normalized spacial score (nSPS) is 11.2. The summed E-state index contributed by atoms with van der Waals surface area (Å²) in [7, 11) is 0. The molecule has 0 aliphatic heterocycles. The lowest BCUT2D eigenvalue weighted by Gasteiger charge is -2.08. The second kappa shape index (κ2) is 6.97. The average molecular weight is 392 g/mol. The topological polar surface area (TPSA) is 66.7 Å². The van der Waals surface area contributed by atoms with Gasteiger partial charge in [0.05, 0.1) is 23.0 Å². The largest absolute Gasteiger partial charge is 0.504 e. The molecule has 0 spiro atoms. The number of phenolic OH excluding ortho intramolecular Hbond substituents is 1. The van der Waals surface area contributed by atoms with Gasteiger partial charge in [0.1, 0.15) is 0 Å². The fraction of sp³-hybridized carbons (Fsp3) is 0.125. The van der Waals surface area contributed by atoms with Crippen molar-refractivity contribution in [3.8, 4) is 11.5 Å². The lowest BCUT2D eigenvalue weighted by atomic mass is 10.2. The molecular weight excluding hydrogens is 378 g/mol. The fourth-order valence-electron chi connectivity index (χ4n) is 2.01. The maximum absolute atomic E-state index is 9.81. The highest BCUT2D eigenvalue weighted by molar-refractivity contribution is 9.10. The molecule has 3 rings (SSSR count). The van der Waals surface area contributed by atoms with Crippen molar-refractivity contribution in [3.05, 3.63) is 46.4 Å². The van der Waals surface area contributed by atoms with Crippen LogP contribution in [0.25, 0.3) is 10.2 Å². The first-order valence-electron chi connectivity index (χ1n) is 6.97. The molecular formula is C16H14BrN3O2S. The third kappa shape index (κ3) is 3.62. The molecule has 0 bridgehead atoms. The van der Waals surface area contributed by atoms with Crippen LogP contribution >= 0.6 is 27.3 Å². The summed E-state index contributed by atoms with van der Waals surface area (Å²) in [5.74, 6) is 0.521. The van der Waals surface area contributed by atoms with E-state index in [-0.39, 0.29) is 5.75 Å². The standard InChI is InChI=1S/C16H14BrN3O2S/c1-2-22-14-7-10(11(17)8-13(14)21)9-18-20-16-19-12-5-3-4-6-15(12)23-16/h3-9,21H,2H2,1H3,(H,19,20)/b18-9-. The number of phenols is 1. The molecule has 1 heterocycles. The zero-order valence-electron chi connectivity index (χ0n) is 12.3. The number of thiazole rings is 1. The van der Waals surface area contributed by atoms with Crippen LogP contribution in [0.3, 0.4) is 0 Å². The molecule has 0 saturated carbocycles. The highest BCUT2D eigenvalue weighted by Gasteiger charge is 2.07. The van der Waals surface area contributed by atoms with Gasteiger partial charge in [0.2, 0.25) is 5.13 Å². The quantitative estimate of drug-likeness (QED) is 0.492. The van der Waals surface area contributed by atoms with Gasteiger partial charge >= 0.3 is 0 Å². The maximum atomic E-state index is 9.81. The van der Waals surface area contributed by atoms with Crippen molar-refractivity contribution in [3.63, 3.8) is 0 Å². The number of fused-ring (bicyclic) bond motifs is 1. The Labute approximate surface area is 145 Å². The highest BCUT2D eigenvalue weighted by Crippen LogP contribution is 2.32. The first-order chi connectivity index (χ1) is 11.2. The third-order valence-corrected chi connectivity index (χ3v) is 4.66. The van der Waals surface area contributed by atoms with Gasteiger partial charge < -0.3 is 9.84 Å². The Morgan fingerprint density at radius 2 is 2.22 bits per heavy atom. The van der Waals surface area contributed by atoms with Gasteiger partial charge in [-0.15, -0.1) is 0 Å². The van der Waals surface area contributed by atoms with Crippen LogP contribution in [0.5, 0.6) is 11.5 Å². The summed E-state index contributed by atoms with van der Waals surface area (Å²) in [5, 5.41) is 14.7. The zero-order chi connectivity index (χ0) is 16.2. The van der Waals surface area contributed by atoms with Crippen LogP contribution in [0.2, 0.25) is 0 Å². The summed E-state index contributed by atoms with van der Waals surface area (Å²) in [6, 6.07) is 11.2. The Bertz CT molecular complexity index is 831. The van der Waals surface area contributed by atoms with Crippen LogP contribution in [0.15, 0.2) is 46.0 Å². The number of aromatic hydroxyl groups is 1. The summed E-state index contributed by atoms with van der Waals surface area (Å²) in [6.45, 7) is 2.35. The number of nitrogens with zero attached hydrogens (tertiary/aromatic N) is 2. The number of para-hydroxylation sites is 1. The molecule has 23 heavy (non-hydrogen) atoms. The van der Waals surface area contributed by atoms with Crippen molar-refractivity contribution < 1.29 is 9.84 Å². The number of benzene rings is 2. The molecule has 3 aromatic rings. The Balaban J connectivity index is 1.78. The van der Waals surface area contributed by atoms with Crippen molar-refractivity contribution in [2.75, 3.05) is 12.0 Å². The summed E-state index contributed by atoms with van der Waals surface area (Å²) in [6.07, 6.45) is 1.65. The fourth-order valence-corrected chi connectivity index (χ4v) is 3.25. The number of halogens is 1. The summed E-state index contributed by atoms with van der Waals surface area (Å²) >= 11 is 4.94. The van der Waals surface area contributed by atoms with Gasteiger partial charge in [-0.3, -0.25) is 5.43 Å². The van der Waals surface area contributed by atoms with Gasteiger partial charge in [-0.2, -0.15) is 5.10 Å². The lowest BCUT2D eigenvalue weighted by Crippen LogP contribution is -1.95. The van der Waals surface area contributed by atoms with Crippen molar-refractivity contribution in [2.24, 2.45) is 5.10 Å². The molecule has 5 nitrogen and oxygen atoms in total. The molecule has 2 N–H and O–H groups in total. The molecule has 2 aromatic carbocycles. The first-order valence-corrected chi connectivity index (χ1v) is 8.58. The van der Waals surface area contributed by atoms with E-state index in [4.69, 9.17) is 4.74 Å². The maximum Gasteiger partial charge on any atom is 0.204 e. The number of nitrogens with one attached hydrogen (secondary N) is 1. The van der Waals surface area contributed by atoms with E-state index >= 15 is 0 Å². The molecule has 0 aliphatic rings. The molecule has 0 unspecified atom stereocenters. The van der Waals surface area contributed by atoms with E-state index in [0.717, 1.165) is 25.4 Å². The van der Waals surface area contributed by atoms with Crippen LogP contribution in [0.1, 0.15) is 12.5 Å². The second-order valence-electron chi connectivity index (χ2n) is 4.63. The molecule has 7 heteroatoms. The predicted molar refractivity (Wildman–Crippen MR) is 97.8 cm³/mol. The Morgan fingerprint density at radius 1 is 1.39 bits per heavy atom. The van der Waals surface area contributed by atoms with E-state index in [1.165, 1.54) is 11.3 Å². The molecule has 1 aromatic heterocycles. The van der Waals surface area contributed by atoms with Gasteiger partial charge in [0, 0.05) is 10.0 Å². The van der Waals surface area contributed by atoms with Crippen LogP contribution in [0, 0.1) is 0 Å². The number of hydrogen-bond donors (Lipinski definition) is 2. The van der Waals surface area contributed by atoms with Gasteiger partial charge in [0.25, 0.3) is 0 Å². The summed E-state index contributed by atoms with van der Waals surface area (Å²) in [5.41, 5.74) is 4.66. The minimum atomic E-state index is 0.0926.